The number of ether oxygens (including phenoxy) is 1. The molecule has 2 aliphatic rings. The molecule has 8 heteroatoms. The Morgan fingerprint density at radius 3 is 2.38 bits per heavy atom. The summed E-state index contributed by atoms with van der Waals surface area (Å²) in [5.41, 5.74) is 1.16. The van der Waals surface area contributed by atoms with Crippen molar-refractivity contribution in [1.82, 2.24) is 9.80 Å². The van der Waals surface area contributed by atoms with Gasteiger partial charge in [0.15, 0.2) is 9.84 Å². The molecular weight excluding hydrogens is 390 g/mol. The minimum Gasteiger partial charge on any atom is -0.497 e. The third-order valence-electron chi connectivity index (χ3n) is 6.12. The number of benzene rings is 1. The van der Waals surface area contributed by atoms with E-state index in [1.807, 2.05) is 30.9 Å². The Morgan fingerprint density at radius 1 is 1.21 bits per heavy atom. The van der Waals surface area contributed by atoms with Crippen LogP contribution < -0.4 is 9.64 Å². The summed E-state index contributed by atoms with van der Waals surface area (Å²) in [4.78, 5) is 19.4. The third kappa shape index (κ3) is 5.42. The number of anilines is 1. The number of hydrogen-bond donors (Lipinski definition) is 0. The summed E-state index contributed by atoms with van der Waals surface area (Å²) in [6.07, 6.45) is 1.39. The molecule has 2 fully saturated rings. The topological polar surface area (TPSA) is 70.2 Å². The number of sulfone groups is 1. The minimum absolute atomic E-state index is 0.0550. The van der Waals surface area contributed by atoms with E-state index in [0.29, 0.717) is 13.0 Å². The predicted octanol–water partition coefficient (Wildman–Crippen LogP) is 1.63. The number of piperazine rings is 1. The second-order valence-electron chi connectivity index (χ2n) is 8.08. The van der Waals surface area contributed by atoms with E-state index < -0.39 is 9.84 Å². The van der Waals surface area contributed by atoms with Gasteiger partial charge in [0.05, 0.1) is 25.2 Å². The average Bonchev–Trinajstić information content (AvgIpc) is 3.07. The summed E-state index contributed by atoms with van der Waals surface area (Å²) >= 11 is 0. The van der Waals surface area contributed by atoms with Crippen LogP contribution in [0.1, 0.15) is 26.7 Å². The fourth-order valence-electron chi connectivity index (χ4n) is 4.23. The molecule has 0 radical (unpaired) electrons. The Kier molecular flexibility index (Phi) is 7.05. The first-order valence-corrected chi connectivity index (χ1v) is 12.3. The fraction of sp³-hybridized carbons (Fsp3) is 0.667. The number of hydrogen-bond acceptors (Lipinski definition) is 6. The van der Waals surface area contributed by atoms with Crippen molar-refractivity contribution < 1.29 is 17.9 Å². The first kappa shape index (κ1) is 21.9. The lowest BCUT2D eigenvalue weighted by Gasteiger charge is -2.39. The Bertz CT molecular complexity index is 789. The summed E-state index contributed by atoms with van der Waals surface area (Å²) in [7, 11) is -1.35. The highest BCUT2D eigenvalue weighted by Crippen LogP contribution is 2.23. The highest BCUT2D eigenvalue weighted by atomic mass is 32.2. The molecule has 2 aliphatic heterocycles. The van der Waals surface area contributed by atoms with Crippen LogP contribution in [-0.4, -0.2) is 87.5 Å². The van der Waals surface area contributed by atoms with E-state index >= 15 is 0 Å². The first-order valence-electron chi connectivity index (χ1n) is 10.5. The fourth-order valence-corrected chi connectivity index (χ4v) is 5.94. The lowest BCUT2D eigenvalue weighted by atomic mass is 10.1. The van der Waals surface area contributed by atoms with Crippen LogP contribution in [0.3, 0.4) is 0 Å². The number of carbonyl (C=O) groups is 1. The number of carbonyl (C=O) groups excluding carboxylic acids is 1. The maximum Gasteiger partial charge on any atom is 0.237 e. The van der Waals surface area contributed by atoms with Gasteiger partial charge in [0.2, 0.25) is 5.91 Å². The van der Waals surface area contributed by atoms with Gasteiger partial charge in [-0.1, -0.05) is 6.92 Å². The molecule has 1 aromatic carbocycles. The lowest BCUT2D eigenvalue weighted by Crippen LogP contribution is -2.53. The van der Waals surface area contributed by atoms with Crippen molar-refractivity contribution in [2.45, 2.75) is 38.8 Å². The lowest BCUT2D eigenvalue weighted by molar-refractivity contribution is -0.136. The molecule has 29 heavy (non-hydrogen) atoms. The molecule has 1 amide bonds. The van der Waals surface area contributed by atoms with Crippen molar-refractivity contribution in [2.75, 3.05) is 56.2 Å². The molecule has 2 heterocycles. The smallest absolute Gasteiger partial charge is 0.237 e. The zero-order valence-corrected chi connectivity index (χ0v) is 18.5. The van der Waals surface area contributed by atoms with Crippen LogP contribution in [-0.2, 0) is 14.6 Å². The number of methoxy groups -OCH3 is 1. The second-order valence-corrected chi connectivity index (χ2v) is 10.3. The molecule has 0 unspecified atom stereocenters. The first-order chi connectivity index (χ1) is 13.8. The molecule has 0 aromatic heterocycles. The molecule has 2 atom stereocenters. The van der Waals surface area contributed by atoms with Gasteiger partial charge >= 0.3 is 0 Å². The van der Waals surface area contributed by atoms with Crippen molar-refractivity contribution in [3.63, 3.8) is 0 Å². The van der Waals surface area contributed by atoms with Crippen LogP contribution >= 0.6 is 0 Å². The molecule has 0 saturated carbocycles. The molecule has 0 N–H and O–H groups in total. The van der Waals surface area contributed by atoms with Crippen molar-refractivity contribution in [2.24, 2.45) is 0 Å². The molecule has 1 aromatic rings. The van der Waals surface area contributed by atoms with Crippen molar-refractivity contribution in [3.8, 4) is 5.75 Å². The maximum absolute atomic E-state index is 13.1. The largest absolute Gasteiger partial charge is 0.497 e. The van der Waals surface area contributed by atoms with E-state index in [9.17, 15) is 13.2 Å². The molecular formula is C21H33N3O4S. The number of amides is 1. The van der Waals surface area contributed by atoms with E-state index in [1.54, 1.807) is 7.11 Å². The highest BCUT2D eigenvalue weighted by Gasteiger charge is 2.37. The van der Waals surface area contributed by atoms with Gasteiger partial charge in [-0.25, -0.2) is 8.42 Å². The van der Waals surface area contributed by atoms with E-state index in [4.69, 9.17) is 4.74 Å². The SMILES string of the molecule is CC[C@@H](C)N(C(=O)CN1CCN(c2ccc(OC)cc2)CC1)[C@@H]1CCS(=O)(=O)C1. The van der Waals surface area contributed by atoms with Gasteiger partial charge < -0.3 is 14.5 Å². The quantitative estimate of drug-likeness (QED) is 0.664. The Balaban J connectivity index is 1.57. The van der Waals surface area contributed by atoms with Crippen molar-refractivity contribution in [1.29, 1.82) is 0 Å². The van der Waals surface area contributed by atoms with Crippen LogP contribution in [0.2, 0.25) is 0 Å². The Morgan fingerprint density at radius 2 is 1.86 bits per heavy atom. The average molecular weight is 424 g/mol. The molecule has 7 nitrogen and oxygen atoms in total. The van der Waals surface area contributed by atoms with Gasteiger partial charge in [-0.3, -0.25) is 9.69 Å². The molecule has 0 spiro atoms. The van der Waals surface area contributed by atoms with E-state index in [-0.39, 0.29) is 29.5 Å². The normalized spacial score (nSPS) is 23.0. The summed E-state index contributed by atoms with van der Waals surface area (Å²) in [6, 6.07) is 7.93. The zero-order valence-electron chi connectivity index (χ0n) is 17.7. The van der Waals surface area contributed by atoms with Crippen molar-refractivity contribution >= 4 is 21.4 Å². The predicted molar refractivity (Wildman–Crippen MR) is 115 cm³/mol. The summed E-state index contributed by atoms with van der Waals surface area (Å²) < 4.78 is 29.1. The third-order valence-corrected chi connectivity index (χ3v) is 7.87. The number of rotatable bonds is 7. The molecule has 0 aliphatic carbocycles. The minimum atomic E-state index is -3.01. The number of nitrogens with zero attached hydrogens (tertiary/aromatic N) is 3. The Hall–Kier alpha value is -1.80. The summed E-state index contributed by atoms with van der Waals surface area (Å²) in [5.74, 6) is 1.20. The summed E-state index contributed by atoms with van der Waals surface area (Å²) in [5, 5.41) is 0. The van der Waals surface area contributed by atoms with E-state index in [0.717, 1.165) is 44.0 Å². The Labute approximate surface area is 174 Å². The van der Waals surface area contributed by atoms with E-state index in [2.05, 4.69) is 21.9 Å². The van der Waals surface area contributed by atoms with Gasteiger partial charge in [0.25, 0.3) is 0 Å². The van der Waals surface area contributed by atoms with Crippen molar-refractivity contribution in [3.05, 3.63) is 24.3 Å². The molecule has 2 saturated heterocycles. The van der Waals surface area contributed by atoms with Crippen LogP contribution in [0.15, 0.2) is 24.3 Å². The van der Waals surface area contributed by atoms with Crippen LogP contribution in [0, 0.1) is 0 Å². The molecule has 3 rings (SSSR count). The molecule has 162 valence electrons. The monoisotopic (exact) mass is 423 g/mol. The van der Waals surface area contributed by atoms with Crippen LogP contribution in [0.5, 0.6) is 5.75 Å². The second kappa shape index (κ2) is 9.34. The molecule has 0 bridgehead atoms. The zero-order chi connectivity index (χ0) is 21.0. The van der Waals surface area contributed by atoms with Gasteiger partial charge in [-0.05, 0) is 44.0 Å². The van der Waals surface area contributed by atoms with E-state index in [1.165, 1.54) is 0 Å². The van der Waals surface area contributed by atoms with Gasteiger partial charge in [0.1, 0.15) is 5.75 Å². The van der Waals surface area contributed by atoms with Gasteiger partial charge in [-0.2, -0.15) is 0 Å². The maximum atomic E-state index is 13.1. The highest BCUT2D eigenvalue weighted by molar-refractivity contribution is 7.91. The standard InChI is InChI=1S/C21H33N3O4S/c1-4-17(2)24(19-9-14-29(26,27)16-19)21(25)15-22-10-12-23(13-11-22)18-5-7-20(28-3)8-6-18/h5-8,17,19H,4,9-16H2,1-3H3/t17-,19-/m1/s1. The van der Waals surface area contributed by atoms with Gasteiger partial charge in [0, 0.05) is 44.0 Å². The van der Waals surface area contributed by atoms with Crippen LogP contribution in [0.4, 0.5) is 5.69 Å². The van der Waals surface area contributed by atoms with Crippen LogP contribution in [0.25, 0.3) is 0 Å². The summed E-state index contributed by atoms with van der Waals surface area (Å²) in [6.45, 7) is 7.77. The van der Waals surface area contributed by atoms with Gasteiger partial charge in [-0.15, -0.1) is 0 Å².